The second-order valence-corrected chi connectivity index (χ2v) is 9.15. The van der Waals surface area contributed by atoms with Crippen molar-refractivity contribution in [1.29, 1.82) is 5.26 Å². The Hall–Kier alpha value is -3.09. The summed E-state index contributed by atoms with van der Waals surface area (Å²) in [5.41, 5.74) is 6.03. The van der Waals surface area contributed by atoms with E-state index in [1.54, 1.807) is 12.3 Å². The number of hydroxylamine groups is 1. The van der Waals surface area contributed by atoms with Gasteiger partial charge in [0.05, 0.1) is 16.5 Å². The molecule has 0 unspecified atom stereocenters. The third-order valence-electron chi connectivity index (χ3n) is 5.52. The summed E-state index contributed by atoms with van der Waals surface area (Å²) in [5.74, 6) is 1.65. The Morgan fingerprint density at radius 2 is 1.81 bits per heavy atom. The summed E-state index contributed by atoms with van der Waals surface area (Å²) in [5, 5.41) is 20.0. The van der Waals surface area contributed by atoms with Gasteiger partial charge in [0.15, 0.2) is 5.75 Å². The van der Waals surface area contributed by atoms with Gasteiger partial charge in [0.2, 0.25) is 5.95 Å². The molecule has 0 spiro atoms. The van der Waals surface area contributed by atoms with E-state index in [-0.39, 0.29) is 6.61 Å². The van der Waals surface area contributed by atoms with Crippen LogP contribution in [0.3, 0.4) is 0 Å². The molecule has 0 bridgehead atoms. The summed E-state index contributed by atoms with van der Waals surface area (Å²) in [4.78, 5) is 8.46. The number of aryl methyl sites for hydroxylation is 1. The Balaban J connectivity index is 0.00000235. The van der Waals surface area contributed by atoms with Crippen LogP contribution in [0.15, 0.2) is 42.6 Å². The number of anilines is 1. The van der Waals surface area contributed by atoms with Crippen LogP contribution in [-0.4, -0.2) is 39.9 Å². The van der Waals surface area contributed by atoms with E-state index in [4.69, 9.17) is 32.7 Å². The summed E-state index contributed by atoms with van der Waals surface area (Å²) in [6, 6.07) is 13.6. The number of hydrazine groups is 1. The highest BCUT2D eigenvalue weighted by Gasteiger charge is 2.26. The van der Waals surface area contributed by atoms with Crippen LogP contribution < -0.4 is 14.9 Å². The number of rotatable bonds is 10. The van der Waals surface area contributed by atoms with E-state index < -0.39 is 5.41 Å². The Bertz CT molecular complexity index is 1210. The highest BCUT2D eigenvalue weighted by Crippen LogP contribution is 2.38. The van der Waals surface area contributed by atoms with E-state index in [1.165, 1.54) is 7.05 Å². The van der Waals surface area contributed by atoms with Crippen molar-refractivity contribution in [1.82, 2.24) is 15.1 Å². The number of halogens is 2. The van der Waals surface area contributed by atoms with Crippen molar-refractivity contribution in [2.45, 2.75) is 46.6 Å². The lowest BCUT2D eigenvalue weighted by molar-refractivity contribution is -0.0394. The molecule has 1 heterocycles. The van der Waals surface area contributed by atoms with Crippen molar-refractivity contribution in [2.24, 2.45) is 0 Å². The molecule has 37 heavy (non-hydrogen) atoms. The fourth-order valence-corrected chi connectivity index (χ4v) is 3.80. The zero-order valence-corrected chi connectivity index (χ0v) is 23.5. The van der Waals surface area contributed by atoms with Crippen molar-refractivity contribution in [3.63, 3.8) is 0 Å². The average Bonchev–Trinajstić information content (AvgIpc) is 2.88. The first-order chi connectivity index (χ1) is 17.6. The fraction of sp³-hybridized carbons (Fsp3) is 0.370. The quantitative estimate of drug-likeness (QED) is 0.219. The van der Waals surface area contributed by atoms with Crippen LogP contribution >= 0.6 is 23.2 Å². The molecule has 0 saturated carbocycles. The Labute approximate surface area is 228 Å². The number of nitriles is 1. The van der Waals surface area contributed by atoms with Gasteiger partial charge in [-0.25, -0.2) is 9.97 Å². The number of nitrogens with one attached hydrogen (secondary N) is 1. The van der Waals surface area contributed by atoms with Gasteiger partial charge in [-0.2, -0.15) is 5.26 Å². The topological polar surface area (TPSA) is 104 Å². The summed E-state index contributed by atoms with van der Waals surface area (Å²) in [7, 11) is 1.43. The number of aromatic nitrogens is 2. The van der Waals surface area contributed by atoms with Crippen LogP contribution in [0.25, 0.3) is 0 Å². The molecule has 198 valence electrons. The first-order valence-electron chi connectivity index (χ1n) is 11.8. The van der Waals surface area contributed by atoms with E-state index in [1.807, 2.05) is 51.1 Å². The van der Waals surface area contributed by atoms with Crippen molar-refractivity contribution in [3.05, 3.63) is 75.6 Å². The summed E-state index contributed by atoms with van der Waals surface area (Å²) >= 11 is 12.2. The lowest BCUT2D eigenvalue weighted by Gasteiger charge is -2.27. The maximum Gasteiger partial charge on any atom is 0.239 e. The van der Waals surface area contributed by atoms with E-state index in [0.717, 1.165) is 27.6 Å². The van der Waals surface area contributed by atoms with E-state index in [9.17, 15) is 10.5 Å². The number of nitrogens with zero attached hydrogens (tertiary/aromatic N) is 4. The van der Waals surface area contributed by atoms with Gasteiger partial charge in [0, 0.05) is 29.9 Å². The van der Waals surface area contributed by atoms with Gasteiger partial charge in [-0.15, -0.1) is 16.8 Å². The molecule has 0 atom stereocenters. The normalized spacial score (nSPS) is 10.8. The number of hydrogen-bond donors (Lipinski definition) is 2. The highest BCUT2D eigenvalue weighted by molar-refractivity contribution is 6.32. The molecule has 0 saturated heterocycles. The summed E-state index contributed by atoms with van der Waals surface area (Å²) < 4.78 is 11.5. The first-order valence-corrected chi connectivity index (χ1v) is 12.7. The summed E-state index contributed by atoms with van der Waals surface area (Å²) in [6.45, 7) is 10.5. The van der Waals surface area contributed by atoms with Crippen LogP contribution in [0, 0.1) is 18.3 Å². The molecule has 10 heteroatoms. The zero-order valence-electron chi connectivity index (χ0n) is 22.0. The summed E-state index contributed by atoms with van der Waals surface area (Å²) in [6.07, 6.45) is 1.66. The molecule has 0 aliphatic carbocycles. The third-order valence-corrected chi connectivity index (χ3v) is 5.96. The van der Waals surface area contributed by atoms with Crippen molar-refractivity contribution < 1.29 is 14.7 Å². The molecule has 0 radical (unpaired) electrons. The second kappa shape index (κ2) is 14.0. The van der Waals surface area contributed by atoms with Gasteiger partial charge in [-0.05, 0) is 42.3 Å². The Kier molecular flexibility index (Phi) is 11.4. The number of alkyl halides is 1. The monoisotopic (exact) mass is 545 g/mol. The number of hydrogen-bond acceptors (Lipinski definition) is 8. The van der Waals surface area contributed by atoms with Gasteiger partial charge in [0.25, 0.3) is 0 Å². The molecular formula is C27H33Cl2N5O3. The van der Waals surface area contributed by atoms with Crippen molar-refractivity contribution >= 4 is 29.2 Å². The van der Waals surface area contributed by atoms with Gasteiger partial charge >= 0.3 is 0 Å². The second-order valence-electron chi connectivity index (χ2n) is 8.36. The molecule has 0 aliphatic heterocycles. The molecule has 3 aromatic rings. The van der Waals surface area contributed by atoms with E-state index in [0.29, 0.717) is 40.5 Å². The van der Waals surface area contributed by atoms with Gasteiger partial charge < -0.3 is 9.47 Å². The van der Waals surface area contributed by atoms with Gasteiger partial charge in [-0.3, -0.25) is 10.6 Å². The maximum atomic E-state index is 9.60. The average molecular weight is 546 g/mol. The minimum Gasteiger partial charge on any atom is -0.489 e. The maximum absolute atomic E-state index is 9.60. The highest BCUT2D eigenvalue weighted by atomic mass is 35.5. The molecule has 2 aromatic carbocycles. The Morgan fingerprint density at radius 3 is 2.38 bits per heavy atom. The molecule has 2 N–H and O–H groups in total. The SMILES string of the molecule is CC.Cc1nc(NN(C)O)ncc1COc1ccc(C(C)(C)c2cc(Cl)c(OCCCl)c(C#N)c2)cc1. The molecule has 0 aliphatic rings. The van der Waals surface area contributed by atoms with Gasteiger partial charge in [-0.1, -0.05) is 51.4 Å². The van der Waals surface area contributed by atoms with Crippen molar-refractivity contribution in [2.75, 3.05) is 25.0 Å². The molecule has 3 rings (SSSR count). The zero-order chi connectivity index (χ0) is 27.6. The van der Waals surface area contributed by atoms with Crippen LogP contribution in [0.1, 0.15) is 55.6 Å². The molecule has 0 amide bonds. The van der Waals surface area contributed by atoms with Crippen LogP contribution in [0.4, 0.5) is 5.95 Å². The molecule has 1 aromatic heterocycles. The Morgan fingerprint density at radius 1 is 1.14 bits per heavy atom. The molecule has 8 nitrogen and oxygen atoms in total. The van der Waals surface area contributed by atoms with E-state index in [2.05, 4.69) is 35.3 Å². The minimum absolute atomic E-state index is 0.271. The largest absolute Gasteiger partial charge is 0.489 e. The minimum atomic E-state index is -0.425. The van der Waals surface area contributed by atoms with Gasteiger partial charge in [0.1, 0.15) is 25.0 Å². The predicted molar refractivity (Wildman–Crippen MR) is 147 cm³/mol. The number of ether oxygens (including phenoxy) is 2. The smallest absolute Gasteiger partial charge is 0.239 e. The molecular weight excluding hydrogens is 513 g/mol. The van der Waals surface area contributed by atoms with Crippen LogP contribution in [0.5, 0.6) is 11.5 Å². The van der Waals surface area contributed by atoms with Crippen LogP contribution in [-0.2, 0) is 12.0 Å². The molecule has 0 fully saturated rings. The standard InChI is InChI=1S/C25H27Cl2N5O3.C2H6/c1-16-18(14-29-24(30-16)31-32(4)33)15-35-21-7-5-19(6-8-21)25(2,3)20-11-17(13-28)23(22(27)12-20)34-10-9-26;1-2/h5-8,11-12,14,33H,9-10,15H2,1-4H3,(H,29,30,31);1-2H3. The predicted octanol–water partition coefficient (Wildman–Crippen LogP) is 6.51. The van der Waals surface area contributed by atoms with Crippen molar-refractivity contribution in [3.8, 4) is 17.6 Å². The number of benzene rings is 2. The fourth-order valence-electron chi connectivity index (χ4n) is 3.45. The third kappa shape index (κ3) is 7.94. The lowest BCUT2D eigenvalue weighted by atomic mass is 9.77. The van der Waals surface area contributed by atoms with Crippen LogP contribution in [0.2, 0.25) is 5.02 Å². The lowest BCUT2D eigenvalue weighted by Crippen LogP contribution is -2.22. The van der Waals surface area contributed by atoms with E-state index >= 15 is 0 Å². The first kappa shape index (κ1) is 30.1.